The summed E-state index contributed by atoms with van der Waals surface area (Å²) in [6, 6.07) is 2.45. The van der Waals surface area contributed by atoms with E-state index in [1.807, 2.05) is 0 Å². The highest BCUT2D eigenvalue weighted by Crippen LogP contribution is 2.29. The molecule has 0 aliphatic carbocycles. The molecule has 1 amide bonds. The van der Waals surface area contributed by atoms with Crippen molar-refractivity contribution in [3.63, 3.8) is 0 Å². The van der Waals surface area contributed by atoms with Crippen LogP contribution in [0.1, 0.15) is 10.4 Å². The van der Waals surface area contributed by atoms with Crippen LogP contribution >= 0.6 is 0 Å². The molecule has 0 saturated carbocycles. The molecule has 0 aliphatic rings. The predicted molar refractivity (Wildman–Crippen MR) is 65.8 cm³/mol. The number of amides is 1. The smallest absolute Gasteiger partial charge is 0.254 e. The van der Waals surface area contributed by atoms with Crippen LogP contribution in [0.5, 0.6) is 11.5 Å². The topological polar surface area (TPSA) is 59.6 Å². The van der Waals surface area contributed by atoms with E-state index in [0.29, 0.717) is 18.8 Å². The molecule has 0 aromatic heterocycles. The molecule has 0 radical (unpaired) electrons. The summed E-state index contributed by atoms with van der Waals surface area (Å²) < 4.78 is 23.7. The Morgan fingerprint density at radius 3 is 2.39 bits per heavy atom. The number of hydrogen-bond acceptors (Lipinski definition) is 4. The fraction of sp³-hybridized carbons (Fsp3) is 0.417. The Morgan fingerprint density at radius 2 is 1.83 bits per heavy atom. The van der Waals surface area contributed by atoms with Gasteiger partial charge in [0.2, 0.25) is 0 Å². The molecule has 0 saturated heterocycles. The van der Waals surface area contributed by atoms with Gasteiger partial charge in [-0.3, -0.25) is 4.79 Å². The normalized spacial score (nSPS) is 10.0. The van der Waals surface area contributed by atoms with Gasteiger partial charge in [-0.1, -0.05) is 0 Å². The van der Waals surface area contributed by atoms with Crippen LogP contribution in [0, 0.1) is 5.82 Å². The summed E-state index contributed by atoms with van der Waals surface area (Å²) in [7, 11) is 4.60. The number of likely N-dealkylation sites (N-methyl/N-ethyl adjacent to an activating group) is 1. The minimum absolute atomic E-state index is 0.0660. The zero-order valence-corrected chi connectivity index (χ0v) is 10.7. The van der Waals surface area contributed by atoms with Crippen LogP contribution in [0.25, 0.3) is 0 Å². The van der Waals surface area contributed by atoms with Gasteiger partial charge in [0.15, 0.2) is 11.5 Å². The first-order valence-electron chi connectivity index (χ1n) is 5.48. The molecule has 5 nitrogen and oxygen atoms in total. The van der Waals surface area contributed by atoms with Crippen molar-refractivity contribution in [3.8, 4) is 11.5 Å². The molecular weight excluding hydrogens is 239 g/mol. The van der Waals surface area contributed by atoms with E-state index in [-0.39, 0.29) is 11.3 Å². The van der Waals surface area contributed by atoms with Crippen molar-refractivity contribution in [1.82, 2.24) is 10.6 Å². The zero-order chi connectivity index (χ0) is 13.5. The third-order valence-corrected chi connectivity index (χ3v) is 2.38. The van der Waals surface area contributed by atoms with E-state index < -0.39 is 11.7 Å². The molecule has 100 valence electrons. The van der Waals surface area contributed by atoms with Crippen molar-refractivity contribution in [2.45, 2.75) is 0 Å². The van der Waals surface area contributed by atoms with E-state index in [4.69, 9.17) is 9.47 Å². The van der Waals surface area contributed by atoms with Crippen LogP contribution < -0.4 is 20.1 Å². The van der Waals surface area contributed by atoms with Crippen molar-refractivity contribution >= 4 is 5.91 Å². The molecule has 0 bridgehead atoms. The highest BCUT2D eigenvalue weighted by Gasteiger charge is 2.16. The Kier molecular flexibility index (Phi) is 5.38. The third-order valence-electron chi connectivity index (χ3n) is 2.38. The number of carbonyl (C=O) groups excluding carboxylic acids is 1. The number of benzene rings is 1. The molecule has 0 aliphatic heterocycles. The van der Waals surface area contributed by atoms with Crippen LogP contribution in [0.4, 0.5) is 4.39 Å². The fourth-order valence-corrected chi connectivity index (χ4v) is 1.42. The van der Waals surface area contributed by atoms with Gasteiger partial charge in [0.1, 0.15) is 5.82 Å². The van der Waals surface area contributed by atoms with E-state index in [1.165, 1.54) is 20.3 Å². The largest absolute Gasteiger partial charge is 0.493 e. The summed E-state index contributed by atoms with van der Waals surface area (Å²) in [5.74, 6) is -0.558. The Morgan fingerprint density at radius 1 is 1.22 bits per heavy atom. The molecule has 1 rings (SSSR count). The molecule has 2 N–H and O–H groups in total. The van der Waals surface area contributed by atoms with Crippen LogP contribution in [-0.4, -0.2) is 40.3 Å². The van der Waals surface area contributed by atoms with Crippen molar-refractivity contribution in [2.24, 2.45) is 0 Å². The first-order chi connectivity index (χ1) is 8.63. The number of nitrogens with one attached hydrogen (secondary N) is 2. The average Bonchev–Trinajstić information content (AvgIpc) is 2.38. The van der Waals surface area contributed by atoms with Gasteiger partial charge in [0.25, 0.3) is 5.91 Å². The minimum Gasteiger partial charge on any atom is -0.493 e. The van der Waals surface area contributed by atoms with Gasteiger partial charge in [-0.25, -0.2) is 4.39 Å². The lowest BCUT2D eigenvalue weighted by molar-refractivity contribution is 0.0949. The van der Waals surface area contributed by atoms with Crippen LogP contribution in [0.3, 0.4) is 0 Å². The maximum atomic E-state index is 13.7. The van der Waals surface area contributed by atoms with Gasteiger partial charge in [-0.05, 0) is 13.1 Å². The van der Waals surface area contributed by atoms with E-state index >= 15 is 0 Å². The average molecular weight is 256 g/mol. The van der Waals surface area contributed by atoms with Gasteiger partial charge in [0.05, 0.1) is 19.8 Å². The van der Waals surface area contributed by atoms with Crippen LogP contribution in [0.2, 0.25) is 0 Å². The summed E-state index contributed by atoms with van der Waals surface area (Å²) in [5.41, 5.74) is -0.0660. The number of hydrogen-bond donors (Lipinski definition) is 2. The number of ether oxygens (including phenoxy) is 2. The highest BCUT2D eigenvalue weighted by atomic mass is 19.1. The highest BCUT2D eigenvalue weighted by molar-refractivity contribution is 5.95. The number of carbonyl (C=O) groups is 1. The Balaban J connectivity index is 2.91. The van der Waals surface area contributed by atoms with E-state index in [2.05, 4.69) is 10.6 Å². The molecule has 0 spiro atoms. The van der Waals surface area contributed by atoms with E-state index in [0.717, 1.165) is 6.07 Å². The molecule has 0 fully saturated rings. The van der Waals surface area contributed by atoms with Crippen LogP contribution in [0.15, 0.2) is 12.1 Å². The predicted octanol–water partition coefficient (Wildman–Crippen LogP) is 0.792. The molecule has 0 heterocycles. The number of rotatable bonds is 6. The first kappa shape index (κ1) is 14.2. The maximum Gasteiger partial charge on any atom is 0.254 e. The van der Waals surface area contributed by atoms with Crippen molar-refractivity contribution in [2.75, 3.05) is 34.4 Å². The summed E-state index contributed by atoms with van der Waals surface area (Å²) in [4.78, 5) is 11.7. The third kappa shape index (κ3) is 3.33. The standard InChI is InChI=1S/C12H17FN2O3/c1-14-4-5-15-12(16)8-6-10(17-2)11(18-3)7-9(8)13/h6-7,14H,4-5H2,1-3H3,(H,15,16). The van der Waals surface area contributed by atoms with Gasteiger partial charge < -0.3 is 20.1 Å². The van der Waals surface area contributed by atoms with Crippen molar-refractivity contribution in [1.29, 1.82) is 0 Å². The molecule has 1 aromatic carbocycles. The summed E-state index contributed by atoms with van der Waals surface area (Å²) in [5, 5.41) is 5.47. The SMILES string of the molecule is CNCCNC(=O)c1cc(OC)c(OC)cc1F. The molecule has 0 atom stereocenters. The van der Waals surface area contributed by atoms with Crippen molar-refractivity contribution in [3.05, 3.63) is 23.5 Å². The summed E-state index contributed by atoms with van der Waals surface area (Å²) in [6.45, 7) is 1.03. The second kappa shape index (κ2) is 6.80. The summed E-state index contributed by atoms with van der Waals surface area (Å²) >= 11 is 0. The second-order valence-corrected chi connectivity index (χ2v) is 3.55. The Bertz CT molecular complexity index is 424. The van der Waals surface area contributed by atoms with Gasteiger partial charge in [0, 0.05) is 19.2 Å². The maximum absolute atomic E-state index is 13.7. The Labute approximate surface area is 105 Å². The number of methoxy groups -OCH3 is 2. The Hall–Kier alpha value is -1.82. The van der Waals surface area contributed by atoms with E-state index in [9.17, 15) is 9.18 Å². The first-order valence-corrected chi connectivity index (χ1v) is 5.48. The molecule has 18 heavy (non-hydrogen) atoms. The number of halogens is 1. The van der Waals surface area contributed by atoms with Gasteiger partial charge in [-0.15, -0.1) is 0 Å². The fourth-order valence-electron chi connectivity index (χ4n) is 1.42. The summed E-state index contributed by atoms with van der Waals surface area (Å²) in [6.07, 6.45) is 0. The molecular formula is C12H17FN2O3. The van der Waals surface area contributed by atoms with Crippen molar-refractivity contribution < 1.29 is 18.7 Å². The monoisotopic (exact) mass is 256 g/mol. The lowest BCUT2D eigenvalue weighted by Crippen LogP contribution is -2.31. The zero-order valence-electron chi connectivity index (χ0n) is 10.7. The molecule has 0 unspecified atom stereocenters. The lowest BCUT2D eigenvalue weighted by Gasteiger charge is -2.11. The molecule has 6 heteroatoms. The second-order valence-electron chi connectivity index (χ2n) is 3.55. The van der Waals surface area contributed by atoms with E-state index in [1.54, 1.807) is 7.05 Å². The van der Waals surface area contributed by atoms with Crippen LogP contribution in [-0.2, 0) is 0 Å². The minimum atomic E-state index is -0.644. The quantitative estimate of drug-likeness (QED) is 0.739. The molecule has 1 aromatic rings. The van der Waals surface area contributed by atoms with Gasteiger partial charge in [-0.2, -0.15) is 0 Å². The lowest BCUT2D eigenvalue weighted by atomic mass is 10.1. The van der Waals surface area contributed by atoms with Gasteiger partial charge >= 0.3 is 0 Å².